The van der Waals surface area contributed by atoms with E-state index in [-0.39, 0.29) is 37.2 Å². The van der Waals surface area contributed by atoms with Gasteiger partial charge in [0.25, 0.3) is 5.91 Å². The molecule has 0 spiro atoms. The second-order valence-corrected chi connectivity index (χ2v) is 6.57. The Bertz CT molecular complexity index is 867. The summed E-state index contributed by atoms with van der Waals surface area (Å²) in [5.74, 6) is -0.453. The minimum atomic E-state index is -4.54. The molecule has 2 aromatic heterocycles. The van der Waals surface area contributed by atoms with E-state index >= 15 is 0 Å². The number of nitrogens with one attached hydrogen (secondary N) is 2. The van der Waals surface area contributed by atoms with Gasteiger partial charge in [0.15, 0.2) is 0 Å². The number of amides is 1. The van der Waals surface area contributed by atoms with Gasteiger partial charge in [0, 0.05) is 38.3 Å². The standard InChI is InChI=1S/C17H21F3N6O2/c1-9-8-11-13(10(2)28-9)25-26(3)14(11)15(27)21-6-7-23-16-22-5-4-12(24-16)17(18,19)20/h4-5,9-10H,6-8H2,1-3H3,(H,21,27)(H,22,23,24)/t9-,10+/m1/s1. The number of hydrogen-bond acceptors (Lipinski definition) is 6. The first-order valence-corrected chi connectivity index (χ1v) is 8.80. The van der Waals surface area contributed by atoms with E-state index in [2.05, 4.69) is 25.7 Å². The van der Waals surface area contributed by atoms with Crippen molar-refractivity contribution in [1.82, 2.24) is 25.1 Å². The van der Waals surface area contributed by atoms with Gasteiger partial charge in [-0.15, -0.1) is 0 Å². The van der Waals surface area contributed by atoms with Gasteiger partial charge in [-0.3, -0.25) is 9.48 Å². The van der Waals surface area contributed by atoms with Crippen LogP contribution in [0.4, 0.5) is 19.1 Å². The average molecular weight is 398 g/mol. The third-order valence-electron chi connectivity index (χ3n) is 4.34. The van der Waals surface area contributed by atoms with Crippen LogP contribution < -0.4 is 10.6 Å². The van der Waals surface area contributed by atoms with Gasteiger partial charge in [0.05, 0.1) is 17.9 Å². The van der Waals surface area contributed by atoms with Crippen LogP contribution >= 0.6 is 0 Å². The molecule has 0 bridgehead atoms. The molecule has 8 nitrogen and oxygen atoms in total. The summed E-state index contributed by atoms with van der Waals surface area (Å²) in [4.78, 5) is 19.7. The van der Waals surface area contributed by atoms with Crippen molar-refractivity contribution in [2.45, 2.75) is 38.7 Å². The summed E-state index contributed by atoms with van der Waals surface area (Å²) in [6, 6.07) is 0.796. The lowest BCUT2D eigenvalue weighted by Gasteiger charge is -2.24. The van der Waals surface area contributed by atoms with Crippen LogP contribution in [0.5, 0.6) is 0 Å². The lowest BCUT2D eigenvalue weighted by atomic mass is 9.99. The number of carbonyl (C=O) groups excluding carboxylic acids is 1. The Morgan fingerprint density at radius 3 is 2.82 bits per heavy atom. The molecule has 0 fully saturated rings. The van der Waals surface area contributed by atoms with E-state index < -0.39 is 11.9 Å². The lowest BCUT2D eigenvalue weighted by molar-refractivity contribution is -0.141. The molecule has 0 radical (unpaired) electrons. The van der Waals surface area contributed by atoms with Gasteiger partial charge in [-0.25, -0.2) is 9.97 Å². The molecule has 2 atom stereocenters. The quantitative estimate of drug-likeness (QED) is 0.749. The number of halogens is 3. The van der Waals surface area contributed by atoms with E-state index in [9.17, 15) is 18.0 Å². The van der Waals surface area contributed by atoms with Crippen LogP contribution in [0.15, 0.2) is 12.3 Å². The molecular weight excluding hydrogens is 377 g/mol. The van der Waals surface area contributed by atoms with Gasteiger partial charge < -0.3 is 15.4 Å². The molecule has 3 rings (SSSR count). The highest BCUT2D eigenvalue weighted by atomic mass is 19.4. The fourth-order valence-corrected chi connectivity index (χ4v) is 3.18. The van der Waals surface area contributed by atoms with Crippen molar-refractivity contribution in [2.24, 2.45) is 7.05 Å². The predicted octanol–water partition coefficient (Wildman–Crippen LogP) is 2.09. The number of hydrogen-bond donors (Lipinski definition) is 2. The lowest BCUT2D eigenvalue weighted by Crippen LogP contribution is -2.32. The van der Waals surface area contributed by atoms with Crippen LogP contribution in [0, 0.1) is 0 Å². The number of aromatic nitrogens is 4. The first-order chi connectivity index (χ1) is 13.2. The van der Waals surface area contributed by atoms with Crippen molar-refractivity contribution >= 4 is 11.9 Å². The van der Waals surface area contributed by atoms with Crippen LogP contribution in [0.3, 0.4) is 0 Å². The Kier molecular flexibility index (Phi) is 5.54. The number of aryl methyl sites for hydroxylation is 1. The Hall–Kier alpha value is -2.69. The third kappa shape index (κ3) is 4.24. The van der Waals surface area contributed by atoms with Crippen molar-refractivity contribution < 1.29 is 22.7 Å². The Morgan fingerprint density at radius 1 is 1.36 bits per heavy atom. The molecule has 1 aliphatic heterocycles. The molecule has 0 saturated carbocycles. The van der Waals surface area contributed by atoms with Gasteiger partial charge in [-0.05, 0) is 19.9 Å². The Balaban J connectivity index is 1.59. The topological polar surface area (TPSA) is 94.0 Å². The van der Waals surface area contributed by atoms with Gasteiger partial charge in [0.1, 0.15) is 11.4 Å². The zero-order chi connectivity index (χ0) is 20.5. The maximum absolute atomic E-state index is 12.7. The monoisotopic (exact) mass is 398 g/mol. The minimum absolute atomic E-state index is 0.0158. The summed E-state index contributed by atoms with van der Waals surface area (Å²) < 4.78 is 45.2. The largest absolute Gasteiger partial charge is 0.433 e. The highest BCUT2D eigenvalue weighted by Crippen LogP contribution is 2.31. The van der Waals surface area contributed by atoms with Crippen molar-refractivity contribution in [2.75, 3.05) is 18.4 Å². The number of nitrogens with zero attached hydrogens (tertiary/aromatic N) is 4. The summed E-state index contributed by atoms with van der Waals surface area (Å²) in [6.07, 6.45) is -3.12. The van der Waals surface area contributed by atoms with Crippen molar-refractivity contribution in [3.8, 4) is 0 Å². The molecule has 0 unspecified atom stereocenters. The third-order valence-corrected chi connectivity index (χ3v) is 4.34. The number of anilines is 1. The highest BCUT2D eigenvalue weighted by Gasteiger charge is 2.33. The van der Waals surface area contributed by atoms with E-state index in [1.54, 1.807) is 7.05 Å². The van der Waals surface area contributed by atoms with Gasteiger partial charge in [-0.1, -0.05) is 0 Å². The van der Waals surface area contributed by atoms with Crippen LogP contribution in [-0.2, 0) is 24.4 Å². The van der Waals surface area contributed by atoms with E-state index in [1.165, 1.54) is 4.68 Å². The van der Waals surface area contributed by atoms with E-state index in [0.29, 0.717) is 12.1 Å². The van der Waals surface area contributed by atoms with Crippen molar-refractivity contribution in [3.05, 3.63) is 34.9 Å². The fourth-order valence-electron chi connectivity index (χ4n) is 3.18. The molecule has 0 aliphatic carbocycles. The molecule has 1 amide bonds. The number of ether oxygens (including phenoxy) is 1. The highest BCUT2D eigenvalue weighted by molar-refractivity contribution is 5.94. The zero-order valence-corrected chi connectivity index (χ0v) is 15.7. The molecule has 2 N–H and O–H groups in total. The SMILES string of the molecule is C[C@@H]1Cc2c(nn(C)c2C(=O)NCCNc2nccc(C(F)(F)F)n2)[C@H](C)O1. The summed E-state index contributed by atoms with van der Waals surface area (Å²) in [6.45, 7) is 4.18. The summed E-state index contributed by atoms with van der Waals surface area (Å²) in [5.41, 5.74) is 1.05. The first kappa shape index (κ1) is 20.1. The molecular formula is C17H21F3N6O2. The Labute approximate surface area is 159 Å². The zero-order valence-electron chi connectivity index (χ0n) is 15.7. The average Bonchev–Trinajstić information content (AvgIpc) is 2.94. The summed E-state index contributed by atoms with van der Waals surface area (Å²) in [7, 11) is 1.69. The molecule has 1 aliphatic rings. The van der Waals surface area contributed by atoms with Crippen molar-refractivity contribution in [3.63, 3.8) is 0 Å². The fraction of sp³-hybridized carbons (Fsp3) is 0.529. The van der Waals surface area contributed by atoms with E-state index in [0.717, 1.165) is 23.5 Å². The normalized spacial score (nSPS) is 19.2. The number of carbonyl (C=O) groups is 1. The minimum Gasteiger partial charge on any atom is -0.369 e. The molecule has 2 aromatic rings. The number of alkyl halides is 3. The summed E-state index contributed by atoms with van der Waals surface area (Å²) in [5, 5.41) is 9.79. The van der Waals surface area contributed by atoms with Crippen LogP contribution in [-0.4, -0.2) is 44.8 Å². The Morgan fingerprint density at radius 2 is 2.11 bits per heavy atom. The number of rotatable bonds is 5. The van der Waals surface area contributed by atoms with Crippen LogP contribution in [0.25, 0.3) is 0 Å². The summed E-state index contributed by atoms with van der Waals surface area (Å²) >= 11 is 0. The first-order valence-electron chi connectivity index (χ1n) is 8.80. The molecule has 0 saturated heterocycles. The predicted molar refractivity (Wildman–Crippen MR) is 93.7 cm³/mol. The van der Waals surface area contributed by atoms with Gasteiger partial charge >= 0.3 is 6.18 Å². The maximum atomic E-state index is 12.7. The molecule has 152 valence electrons. The maximum Gasteiger partial charge on any atom is 0.433 e. The van der Waals surface area contributed by atoms with Gasteiger partial charge in [-0.2, -0.15) is 18.3 Å². The van der Waals surface area contributed by atoms with E-state index in [1.807, 2.05) is 13.8 Å². The molecule has 3 heterocycles. The number of fused-ring (bicyclic) bond motifs is 1. The second kappa shape index (κ2) is 7.74. The molecule has 11 heteroatoms. The molecule has 28 heavy (non-hydrogen) atoms. The molecule has 0 aromatic carbocycles. The smallest absolute Gasteiger partial charge is 0.369 e. The van der Waals surface area contributed by atoms with Gasteiger partial charge in [0.2, 0.25) is 5.95 Å². The van der Waals surface area contributed by atoms with E-state index in [4.69, 9.17) is 4.74 Å². The van der Waals surface area contributed by atoms with Crippen molar-refractivity contribution in [1.29, 1.82) is 0 Å². The van der Waals surface area contributed by atoms with Crippen LogP contribution in [0.2, 0.25) is 0 Å². The second-order valence-electron chi connectivity index (χ2n) is 6.57. The van der Waals surface area contributed by atoms with Crippen LogP contribution in [0.1, 0.15) is 47.4 Å².